The number of aromatic hydroxyl groups is 1. The van der Waals surface area contributed by atoms with Crippen LogP contribution in [0.1, 0.15) is 106 Å². The van der Waals surface area contributed by atoms with Crippen LogP contribution in [0.2, 0.25) is 0 Å². The number of nitrogens with one attached hydrogen (secondary N) is 1. The Morgan fingerprint density at radius 1 is 0.983 bits per heavy atom. The number of phenolic OH excluding ortho intramolecular Hbond substituents is 1. The molecule has 6 aliphatic rings. The van der Waals surface area contributed by atoms with Crippen LogP contribution < -0.4 is 14.8 Å². The summed E-state index contributed by atoms with van der Waals surface area (Å²) >= 11 is 4.82. The Morgan fingerprint density at radius 3 is 2.53 bits per heavy atom. The molecular weight excluding hydrogens is 785 g/mol. The number of aliphatic imine (C=N–C) groups is 1. The second-order valence-electron chi connectivity index (χ2n) is 18.7. The Balaban J connectivity index is 0.840. The van der Waals surface area contributed by atoms with E-state index in [4.69, 9.17) is 26.4 Å². The summed E-state index contributed by atoms with van der Waals surface area (Å²) < 4.78 is 18.0. The zero-order chi connectivity index (χ0) is 42.3. The molecule has 12 nitrogen and oxygen atoms in total. The SMILES string of the molecule is C[C@H](CCC(=O)NCC(=O)Oc1ccc2c(c1)Oc1cc(O)ccc1C21OC(=O)c2c(N=C=S)cccc21)[C@H]1CCC2C3C(C[C@H](O)[C@@]21C)[C@@]1(C)CC[C@@H](O)CC1C[C@H]3O. The zero-order valence-corrected chi connectivity index (χ0v) is 34.9. The highest BCUT2D eigenvalue weighted by Crippen LogP contribution is 2.68. The average Bonchev–Trinajstić information content (AvgIpc) is 3.72. The molecule has 0 radical (unpaired) electrons. The van der Waals surface area contributed by atoms with Crippen molar-refractivity contribution in [2.45, 2.75) is 102 Å². The molecule has 0 bridgehead atoms. The van der Waals surface area contributed by atoms with Crippen molar-refractivity contribution in [3.63, 3.8) is 0 Å². The minimum atomic E-state index is -1.46. The third-order valence-electron chi connectivity index (χ3n) is 15.9. The molecule has 316 valence electrons. The van der Waals surface area contributed by atoms with E-state index in [9.17, 15) is 34.8 Å². The summed E-state index contributed by atoms with van der Waals surface area (Å²) in [4.78, 5) is 43.7. The van der Waals surface area contributed by atoms with Gasteiger partial charge >= 0.3 is 11.9 Å². The van der Waals surface area contributed by atoms with Crippen molar-refractivity contribution in [2.75, 3.05) is 6.54 Å². The number of phenols is 1. The van der Waals surface area contributed by atoms with Crippen molar-refractivity contribution in [2.24, 2.45) is 51.3 Å². The van der Waals surface area contributed by atoms with E-state index in [1.54, 1.807) is 36.4 Å². The van der Waals surface area contributed by atoms with Crippen LogP contribution >= 0.6 is 12.2 Å². The molecule has 1 spiro atoms. The van der Waals surface area contributed by atoms with Gasteiger partial charge in [-0.1, -0.05) is 32.9 Å². The summed E-state index contributed by atoms with van der Waals surface area (Å²) in [5.41, 5.74) is 0.143. The fourth-order valence-corrected chi connectivity index (χ4v) is 13.1. The molecular formula is C47H52N2O10S. The van der Waals surface area contributed by atoms with Crippen molar-refractivity contribution in [3.8, 4) is 23.0 Å². The minimum absolute atomic E-state index is 0.00622. The lowest BCUT2D eigenvalue weighted by molar-refractivity contribution is -0.207. The van der Waals surface area contributed by atoms with Crippen LogP contribution in [0.5, 0.6) is 23.0 Å². The Bertz CT molecular complexity index is 2310. The van der Waals surface area contributed by atoms with Crippen molar-refractivity contribution in [1.29, 1.82) is 0 Å². The van der Waals surface area contributed by atoms with Gasteiger partial charge in [-0.05, 0) is 140 Å². The van der Waals surface area contributed by atoms with Crippen molar-refractivity contribution < 1.29 is 49.0 Å². The fourth-order valence-electron chi connectivity index (χ4n) is 13.0. The number of thiocarbonyl (C=S) groups is 1. The maximum absolute atomic E-state index is 13.4. The maximum Gasteiger partial charge on any atom is 0.342 e. The van der Waals surface area contributed by atoms with Gasteiger partial charge in [0, 0.05) is 35.2 Å². The Hall–Kier alpha value is -4.65. The summed E-state index contributed by atoms with van der Waals surface area (Å²) in [6.07, 6.45) is 5.19. The predicted octanol–water partition coefficient (Wildman–Crippen LogP) is 7.09. The number of hydrogen-bond acceptors (Lipinski definition) is 12. The lowest BCUT2D eigenvalue weighted by Gasteiger charge is -2.63. The number of fused-ring (bicyclic) bond motifs is 11. The second kappa shape index (κ2) is 15.1. The number of ether oxygens (including phenoxy) is 3. The minimum Gasteiger partial charge on any atom is -0.508 e. The highest BCUT2D eigenvalue weighted by molar-refractivity contribution is 7.78. The number of rotatable bonds is 8. The molecule has 3 aromatic carbocycles. The number of nitrogens with zero attached hydrogens (tertiary/aromatic N) is 1. The van der Waals surface area contributed by atoms with Gasteiger partial charge in [0.25, 0.3) is 0 Å². The number of aliphatic hydroxyl groups excluding tert-OH is 3. The quantitative estimate of drug-likeness (QED) is 0.0676. The monoisotopic (exact) mass is 836 g/mol. The van der Waals surface area contributed by atoms with Gasteiger partial charge in [-0.25, -0.2) is 9.59 Å². The standard InChI is InChI=1S/C47H52N2O10S/c1-24(29-12-13-32-42-34(21-39(53)46(29,32)3)45(2)16-15-27(51)17-25(45)18-36(42)52)7-14-40(54)48-22-41(55)57-28-9-11-31-38(20-28)58-37-19-26(50)8-10-30(37)47(31)33-5-4-6-35(49-23-60)43(33)44(56)59-47/h4-6,8-11,19-20,24-25,27,29,32,34,36,39,42,50-53H,7,12-18,21-22H2,1-3H3,(H,48,54)/t24-,25?,27-,29-,32?,34?,36-,39+,42?,45+,46-,47?/m1/s1. The number of esters is 2. The van der Waals surface area contributed by atoms with E-state index in [0.717, 1.165) is 32.1 Å². The van der Waals surface area contributed by atoms with Crippen LogP contribution in [0.15, 0.2) is 59.6 Å². The molecule has 2 aliphatic heterocycles. The molecule has 2 heterocycles. The van der Waals surface area contributed by atoms with Gasteiger partial charge in [-0.15, -0.1) is 0 Å². The predicted molar refractivity (Wildman–Crippen MR) is 222 cm³/mol. The topological polar surface area (TPSA) is 184 Å². The van der Waals surface area contributed by atoms with Crippen LogP contribution in [-0.2, 0) is 19.9 Å². The van der Waals surface area contributed by atoms with Gasteiger partial charge in [0.2, 0.25) is 5.91 Å². The Labute approximate surface area is 354 Å². The highest BCUT2D eigenvalue weighted by Gasteiger charge is 2.66. The number of carbonyl (C=O) groups excluding carboxylic acids is 3. The zero-order valence-electron chi connectivity index (χ0n) is 34.1. The fraction of sp³-hybridized carbons (Fsp3) is 0.532. The van der Waals surface area contributed by atoms with Crippen LogP contribution in [0.3, 0.4) is 0 Å². The van der Waals surface area contributed by atoms with Gasteiger partial charge < -0.3 is 40.0 Å². The molecule has 12 atom stereocenters. The van der Waals surface area contributed by atoms with E-state index in [-0.39, 0.29) is 99.9 Å². The molecule has 1 amide bonds. The molecule has 4 saturated carbocycles. The molecule has 0 aromatic heterocycles. The van der Waals surface area contributed by atoms with Gasteiger partial charge in [-0.2, -0.15) is 4.99 Å². The van der Waals surface area contributed by atoms with E-state index in [1.165, 1.54) is 18.2 Å². The van der Waals surface area contributed by atoms with Gasteiger partial charge in [-0.3, -0.25) is 4.79 Å². The molecule has 0 saturated heterocycles. The first-order chi connectivity index (χ1) is 28.7. The molecule has 5 unspecified atom stereocenters. The summed E-state index contributed by atoms with van der Waals surface area (Å²) in [5.74, 6) is 0.0497. The third-order valence-corrected chi connectivity index (χ3v) is 16.0. The van der Waals surface area contributed by atoms with Crippen LogP contribution in [0.25, 0.3) is 0 Å². The number of aliphatic hydroxyl groups is 3. The van der Waals surface area contributed by atoms with Crippen LogP contribution in [0, 0.1) is 46.3 Å². The summed E-state index contributed by atoms with van der Waals surface area (Å²) in [7, 11) is 0. The Kier molecular flexibility index (Phi) is 10.2. The van der Waals surface area contributed by atoms with Gasteiger partial charge in [0.15, 0.2) is 5.60 Å². The normalized spacial score (nSPS) is 34.9. The third kappa shape index (κ3) is 6.30. The lowest BCUT2D eigenvalue weighted by Crippen LogP contribution is -2.62. The number of hydrogen-bond donors (Lipinski definition) is 5. The highest BCUT2D eigenvalue weighted by atomic mass is 32.1. The summed E-state index contributed by atoms with van der Waals surface area (Å²) in [6.45, 7) is 6.32. The maximum atomic E-state index is 13.4. The van der Waals surface area contributed by atoms with Crippen molar-refractivity contribution in [1.82, 2.24) is 5.32 Å². The van der Waals surface area contributed by atoms with E-state index >= 15 is 0 Å². The van der Waals surface area contributed by atoms with E-state index in [2.05, 4.69) is 36.2 Å². The molecule has 5 N–H and O–H groups in total. The average molecular weight is 837 g/mol. The molecule has 9 rings (SSSR count). The lowest BCUT2D eigenvalue weighted by atomic mass is 9.43. The van der Waals surface area contributed by atoms with E-state index in [1.807, 2.05) is 0 Å². The van der Waals surface area contributed by atoms with Gasteiger partial charge in [0.05, 0.1) is 34.7 Å². The van der Waals surface area contributed by atoms with Crippen molar-refractivity contribution in [3.05, 3.63) is 76.9 Å². The number of benzene rings is 3. The molecule has 60 heavy (non-hydrogen) atoms. The smallest absolute Gasteiger partial charge is 0.342 e. The van der Waals surface area contributed by atoms with E-state index < -0.39 is 29.7 Å². The van der Waals surface area contributed by atoms with Crippen LogP contribution in [-0.4, -0.2) is 68.3 Å². The number of carbonyl (C=O) groups is 3. The second-order valence-corrected chi connectivity index (χ2v) is 18.9. The largest absolute Gasteiger partial charge is 0.508 e. The molecule has 13 heteroatoms. The van der Waals surface area contributed by atoms with Crippen LogP contribution in [0.4, 0.5) is 5.69 Å². The number of isothiocyanates is 1. The van der Waals surface area contributed by atoms with Gasteiger partial charge in [0.1, 0.15) is 29.5 Å². The molecule has 4 aliphatic carbocycles. The summed E-state index contributed by atoms with van der Waals surface area (Å²) in [5, 5.41) is 49.3. The molecule has 3 aromatic rings. The van der Waals surface area contributed by atoms with Crippen molar-refractivity contribution >= 4 is 40.9 Å². The summed E-state index contributed by atoms with van der Waals surface area (Å²) in [6, 6.07) is 14.4. The first-order valence-corrected chi connectivity index (χ1v) is 21.7. The Morgan fingerprint density at radius 2 is 1.75 bits per heavy atom. The molecule has 4 fully saturated rings. The first kappa shape index (κ1) is 40.7. The van der Waals surface area contributed by atoms with E-state index in [0.29, 0.717) is 41.6 Å². The number of amides is 1. The first-order valence-electron chi connectivity index (χ1n) is 21.3.